The quantitative estimate of drug-likeness (QED) is 0.576. The summed E-state index contributed by atoms with van der Waals surface area (Å²) in [6, 6.07) is 3.71. The second-order valence-corrected chi connectivity index (χ2v) is 1.86. The molecule has 0 amide bonds. The molecule has 0 saturated heterocycles. The van der Waals surface area contributed by atoms with Gasteiger partial charge in [-0.2, -0.15) is 0 Å². The molecule has 10 heavy (non-hydrogen) atoms. The lowest BCUT2D eigenvalue weighted by Crippen LogP contribution is -2.00. The highest BCUT2D eigenvalue weighted by Gasteiger charge is 2.04. The number of rotatable bonds is 0. The molecule has 1 radical (unpaired) electrons. The molecule has 0 fully saturated rings. The monoisotopic (exact) mass is 133 g/mol. The third kappa shape index (κ3) is 0.719. The third-order valence-electron chi connectivity index (χ3n) is 1.21. The van der Waals surface area contributed by atoms with E-state index in [9.17, 15) is 0 Å². The van der Waals surface area contributed by atoms with Crippen molar-refractivity contribution < 1.29 is 4.74 Å². The van der Waals surface area contributed by atoms with Crippen LogP contribution in [-0.2, 0) is 0 Å². The van der Waals surface area contributed by atoms with Gasteiger partial charge in [-0.05, 0) is 12.1 Å². The number of anilines is 1. The molecule has 3 nitrogen and oxygen atoms in total. The standard InChI is InChI=1S/C7H5N2O/c1-2-6-7(9-3-1)10-5-4-8-6/h1-3,5,8H. The second-order valence-electron chi connectivity index (χ2n) is 1.86. The minimum atomic E-state index is 0.598. The molecule has 2 heterocycles. The Hall–Kier alpha value is -1.51. The van der Waals surface area contributed by atoms with E-state index in [2.05, 4.69) is 16.5 Å². The molecule has 3 heteroatoms. The van der Waals surface area contributed by atoms with Gasteiger partial charge in [0.2, 0.25) is 5.88 Å². The van der Waals surface area contributed by atoms with Crippen LogP contribution < -0.4 is 10.1 Å². The summed E-state index contributed by atoms with van der Waals surface area (Å²) < 4.78 is 5.01. The van der Waals surface area contributed by atoms with Crippen LogP contribution in [0.1, 0.15) is 0 Å². The van der Waals surface area contributed by atoms with Gasteiger partial charge in [-0.3, -0.25) is 0 Å². The zero-order valence-electron chi connectivity index (χ0n) is 5.16. The summed E-state index contributed by atoms with van der Waals surface area (Å²) >= 11 is 0. The van der Waals surface area contributed by atoms with Gasteiger partial charge in [0.05, 0.1) is 0 Å². The van der Waals surface area contributed by atoms with Crippen molar-refractivity contribution in [2.45, 2.75) is 0 Å². The lowest BCUT2D eigenvalue weighted by atomic mass is 10.4. The maximum atomic E-state index is 5.01. The van der Waals surface area contributed by atoms with Crippen molar-refractivity contribution >= 4 is 5.69 Å². The maximum Gasteiger partial charge on any atom is 0.242 e. The van der Waals surface area contributed by atoms with E-state index in [0.717, 1.165) is 5.69 Å². The Morgan fingerprint density at radius 3 is 3.50 bits per heavy atom. The fourth-order valence-electron chi connectivity index (χ4n) is 0.772. The van der Waals surface area contributed by atoms with Crippen LogP contribution in [0.2, 0.25) is 0 Å². The third-order valence-corrected chi connectivity index (χ3v) is 1.21. The zero-order valence-corrected chi connectivity index (χ0v) is 5.16. The SMILES string of the molecule is [C]1=COc2ncccc2N1. The number of hydrogen-bond donors (Lipinski definition) is 1. The highest BCUT2D eigenvalue weighted by Crippen LogP contribution is 2.22. The summed E-state index contributed by atoms with van der Waals surface area (Å²) in [5.74, 6) is 0.598. The van der Waals surface area contributed by atoms with Crippen LogP contribution >= 0.6 is 0 Å². The maximum absolute atomic E-state index is 5.01. The summed E-state index contributed by atoms with van der Waals surface area (Å²) in [7, 11) is 0. The molecule has 1 aliphatic heterocycles. The molecule has 0 unspecified atom stereocenters. The number of nitrogens with one attached hydrogen (secondary N) is 1. The largest absolute Gasteiger partial charge is 0.443 e. The molecule has 49 valence electrons. The van der Waals surface area contributed by atoms with Crippen LogP contribution in [0.4, 0.5) is 5.69 Å². The van der Waals surface area contributed by atoms with Gasteiger partial charge in [0.15, 0.2) is 0 Å². The van der Waals surface area contributed by atoms with E-state index in [1.54, 1.807) is 6.20 Å². The molecule has 0 saturated carbocycles. The molecular weight excluding hydrogens is 128 g/mol. The molecule has 0 atom stereocenters. The molecular formula is C7H5N2O. The van der Waals surface area contributed by atoms with Crippen molar-refractivity contribution in [3.05, 3.63) is 30.8 Å². The van der Waals surface area contributed by atoms with E-state index in [0.29, 0.717) is 5.88 Å². The fraction of sp³-hybridized carbons (Fsp3) is 0. The average molecular weight is 133 g/mol. The van der Waals surface area contributed by atoms with E-state index >= 15 is 0 Å². The first-order chi connectivity index (χ1) is 4.97. The fourth-order valence-corrected chi connectivity index (χ4v) is 0.772. The molecule has 1 N–H and O–H groups in total. The lowest BCUT2D eigenvalue weighted by molar-refractivity contribution is 0.455. The summed E-state index contributed by atoms with van der Waals surface area (Å²) in [6.07, 6.45) is 5.82. The summed E-state index contributed by atoms with van der Waals surface area (Å²) in [4.78, 5) is 3.96. The Morgan fingerprint density at radius 2 is 2.60 bits per heavy atom. The molecule has 1 aliphatic rings. The van der Waals surface area contributed by atoms with Crippen LogP contribution in [0.5, 0.6) is 5.88 Å². The minimum Gasteiger partial charge on any atom is -0.443 e. The van der Waals surface area contributed by atoms with Crippen molar-refractivity contribution in [2.75, 3.05) is 5.32 Å². The Kier molecular flexibility index (Phi) is 1.07. The molecule has 0 aliphatic carbocycles. The van der Waals surface area contributed by atoms with Gasteiger partial charge >= 0.3 is 0 Å². The molecule has 0 bridgehead atoms. The van der Waals surface area contributed by atoms with Crippen LogP contribution in [0.3, 0.4) is 0 Å². The first-order valence-corrected chi connectivity index (χ1v) is 2.92. The van der Waals surface area contributed by atoms with Gasteiger partial charge in [0.1, 0.15) is 18.1 Å². The Morgan fingerprint density at radius 1 is 1.60 bits per heavy atom. The normalized spacial score (nSPS) is 13.2. The van der Waals surface area contributed by atoms with Gasteiger partial charge in [-0.25, -0.2) is 4.98 Å². The van der Waals surface area contributed by atoms with Gasteiger partial charge in [-0.1, -0.05) is 0 Å². The van der Waals surface area contributed by atoms with Crippen LogP contribution in [0, 0.1) is 6.20 Å². The highest BCUT2D eigenvalue weighted by atomic mass is 16.5. The lowest BCUT2D eigenvalue weighted by Gasteiger charge is -2.09. The predicted octanol–water partition coefficient (Wildman–Crippen LogP) is 1.16. The van der Waals surface area contributed by atoms with Crippen molar-refractivity contribution in [1.29, 1.82) is 0 Å². The molecule has 1 aromatic rings. The highest BCUT2D eigenvalue weighted by molar-refractivity contribution is 5.54. The van der Waals surface area contributed by atoms with Crippen molar-refractivity contribution in [1.82, 2.24) is 4.98 Å². The molecule has 2 rings (SSSR count). The summed E-state index contributed by atoms with van der Waals surface area (Å²) in [5, 5.41) is 2.87. The van der Waals surface area contributed by atoms with Crippen molar-refractivity contribution in [3.8, 4) is 5.88 Å². The van der Waals surface area contributed by atoms with E-state index in [4.69, 9.17) is 4.74 Å². The van der Waals surface area contributed by atoms with Gasteiger partial charge in [0, 0.05) is 6.20 Å². The van der Waals surface area contributed by atoms with Crippen molar-refractivity contribution in [2.24, 2.45) is 0 Å². The second kappa shape index (κ2) is 2.02. The topological polar surface area (TPSA) is 34.1 Å². The van der Waals surface area contributed by atoms with Crippen molar-refractivity contribution in [3.63, 3.8) is 0 Å². The minimum absolute atomic E-state index is 0.598. The van der Waals surface area contributed by atoms with E-state index in [1.807, 2.05) is 12.1 Å². The van der Waals surface area contributed by atoms with Crippen LogP contribution in [0.15, 0.2) is 24.6 Å². The van der Waals surface area contributed by atoms with Gasteiger partial charge in [0.25, 0.3) is 0 Å². The zero-order chi connectivity index (χ0) is 6.81. The van der Waals surface area contributed by atoms with E-state index in [-0.39, 0.29) is 0 Å². The molecule has 1 aromatic heterocycles. The molecule has 0 spiro atoms. The predicted molar refractivity (Wildman–Crippen MR) is 36.3 cm³/mol. The Labute approximate surface area is 58.3 Å². The summed E-state index contributed by atoms with van der Waals surface area (Å²) in [5.41, 5.74) is 0.852. The number of ether oxygens (including phenoxy) is 1. The number of nitrogens with zero attached hydrogens (tertiary/aromatic N) is 1. The summed E-state index contributed by atoms with van der Waals surface area (Å²) in [6.45, 7) is 0. The number of fused-ring (bicyclic) bond motifs is 1. The first-order valence-electron chi connectivity index (χ1n) is 2.92. The van der Waals surface area contributed by atoms with Crippen LogP contribution in [0.25, 0.3) is 0 Å². The van der Waals surface area contributed by atoms with Gasteiger partial charge < -0.3 is 10.1 Å². The Bertz CT molecular complexity index is 243. The molecule has 0 aromatic carbocycles. The van der Waals surface area contributed by atoms with E-state index in [1.165, 1.54) is 6.26 Å². The van der Waals surface area contributed by atoms with Crippen LogP contribution in [-0.4, -0.2) is 4.98 Å². The number of aromatic nitrogens is 1. The number of pyridine rings is 1. The smallest absolute Gasteiger partial charge is 0.242 e. The average Bonchev–Trinajstić information content (AvgIpc) is 2.05. The van der Waals surface area contributed by atoms with E-state index < -0.39 is 0 Å². The first kappa shape index (κ1) is 5.29. The Balaban J connectivity index is 2.47. The van der Waals surface area contributed by atoms with Gasteiger partial charge in [-0.15, -0.1) is 0 Å². The number of hydrogen-bond acceptors (Lipinski definition) is 3.